The fourth-order valence-corrected chi connectivity index (χ4v) is 3.15. The average molecular weight is 269 g/mol. The number of rotatable bonds is 7. The molecule has 1 amide bonds. The Morgan fingerprint density at radius 3 is 2.53 bits per heavy atom. The summed E-state index contributed by atoms with van der Waals surface area (Å²) in [5.74, 6) is 0.706. The summed E-state index contributed by atoms with van der Waals surface area (Å²) >= 11 is 0. The van der Waals surface area contributed by atoms with E-state index in [1.165, 1.54) is 25.7 Å². The monoisotopic (exact) mass is 269 g/mol. The summed E-state index contributed by atoms with van der Waals surface area (Å²) in [4.78, 5) is 14.2. The van der Waals surface area contributed by atoms with Crippen LogP contribution in [-0.4, -0.2) is 43.0 Å². The molecule has 1 saturated carbocycles. The van der Waals surface area contributed by atoms with Gasteiger partial charge in [0, 0.05) is 12.1 Å². The number of carbonyl (C=O) groups is 1. The molecule has 0 heterocycles. The zero-order chi connectivity index (χ0) is 14.3. The Hall–Kier alpha value is -0.610. The number of nitrogens with one attached hydrogen (secondary N) is 1. The summed E-state index contributed by atoms with van der Waals surface area (Å²) in [6, 6.07) is 0.795. The smallest absolute Gasteiger partial charge is 0.234 e. The first kappa shape index (κ1) is 16.4. The fourth-order valence-electron chi connectivity index (χ4n) is 3.15. The summed E-state index contributed by atoms with van der Waals surface area (Å²) in [5.41, 5.74) is 5.86. The molecular formula is C15H31N3O. The van der Waals surface area contributed by atoms with Crippen LogP contribution in [0.1, 0.15) is 52.4 Å². The van der Waals surface area contributed by atoms with Gasteiger partial charge in [-0.1, -0.05) is 26.7 Å². The topological polar surface area (TPSA) is 58.4 Å². The lowest BCUT2D eigenvalue weighted by Gasteiger charge is -2.37. The van der Waals surface area contributed by atoms with Gasteiger partial charge in [-0.25, -0.2) is 0 Å². The predicted molar refractivity (Wildman–Crippen MR) is 79.9 cm³/mol. The molecule has 1 fully saturated rings. The molecule has 0 spiro atoms. The third kappa shape index (κ3) is 5.11. The first-order valence-corrected chi connectivity index (χ1v) is 7.82. The normalized spacial score (nSPS) is 23.9. The number of amides is 1. The summed E-state index contributed by atoms with van der Waals surface area (Å²) < 4.78 is 0. The van der Waals surface area contributed by atoms with Gasteiger partial charge in [0.25, 0.3) is 0 Å². The molecule has 0 aliphatic heterocycles. The standard InChI is InChI=1S/C15H31N3O/c1-4-13(5-2)17-15(19)11-18(3)14-9-7-6-8-12(14)10-16/h12-14H,4-11,16H2,1-3H3,(H,17,19). The molecule has 1 aliphatic carbocycles. The molecule has 0 bridgehead atoms. The largest absolute Gasteiger partial charge is 0.352 e. The maximum atomic E-state index is 12.0. The molecule has 1 rings (SSSR count). The third-order valence-corrected chi connectivity index (χ3v) is 4.48. The van der Waals surface area contributed by atoms with Crippen LogP contribution >= 0.6 is 0 Å². The van der Waals surface area contributed by atoms with Crippen molar-refractivity contribution in [2.45, 2.75) is 64.5 Å². The molecule has 0 aromatic rings. The van der Waals surface area contributed by atoms with Gasteiger partial charge in [0.1, 0.15) is 0 Å². The SMILES string of the molecule is CCC(CC)NC(=O)CN(C)C1CCCCC1CN. The first-order valence-electron chi connectivity index (χ1n) is 7.82. The number of likely N-dealkylation sites (N-methyl/N-ethyl adjacent to an activating group) is 1. The summed E-state index contributed by atoms with van der Waals surface area (Å²) in [7, 11) is 2.06. The molecule has 0 radical (unpaired) electrons. The van der Waals surface area contributed by atoms with Gasteiger partial charge in [0.05, 0.1) is 6.54 Å². The Morgan fingerprint density at radius 2 is 1.95 bits per heavy atom. The molecule has 2 atom stereocenters. The lowest BCUT2D eigenvalue weighted by atomic mass is 9.84. The molecule has 1 aliphatic rings. The number of carbonyl (C=O) groups excluding carboxylic acids is 1. The lowest BCUT2D eigenvalue weighted by molar-refractivity contribution is -0.123. The molecule has 0 saturated heterocycles. The average Bonchev–Trinajstić information content (AvgIpc) is 2.44. The van der Waals surface area contributed by atoms with Crippen LogP contribution < -0.4 is 11.1 Å². The molecule has 0 aromatic heterocycles. The van der Waals surface area contributed by atoms with Crippen LogP contribution in [0.25, 0.3) is 0 Å². The van der Waals surface area contributed by atoms with E-state index in [0.717, 1.165) is 19.4 Å². The van der Waals surface area contributed by atoms with Crippen molar-refractivity contribution in [1.29, 1.82) is 0 Å². The third-order valence-electron chi connectivity index (χ3n) is 4.48. The highest BCUT2D eigenvalue weighted by Crippen LogP contribution is 2.26. The number of nitrogens with two attached hydrogens (primary N) is 1. The van der Waals surface area contributed by atoms with Gasteiger partial charge in [0.15, 0.2) is 0 Å². The maximum Gasteiger partial charge on any atom is 0.234 e. The van der Waals surface area contributed by atoms with Gasteiger partial charge >= 0.3 is 0 Å². The molecule has 112 valence electrons. The number of nitrogens with zero attached hydrogens (tertiary/aromatic N) is 1. The molecule has 0 aromatic carbocycles. The van der Waals surface area contributed by atoms with Crippen LogP contribution in [0.3, 0.4) is 0 Å². The summed E-state index contributed by atoms with van der Waals surface area (Å²) in [6.07, 6.45) is 6.93. The molecular weight excluding hydrogens is 238 g/mol. The van der Waals surface area contributed by atoms with Crippen molar-refractivity contribution < 1.29 is 4.79 Å². The van der Waals surface area contributed by atoms with Crippen LogP contribution in [0, 0.1) is 5.92 Å². The van der Waals surface area contributed by atoms with E-state index in [9.17, 15) is 4.79 Å². The number of hydrogen-bond acceptors (Lipinski definition) is 3. The van der Waals surface area contributed by atoms with Gasteiger partial charge in [0.2, 0.25) is 5.91 Å². The second-order valence-electron chi connectivity index (χ2n) is 5.84. The van der Waals surface area contributed by atoms with E-state index in [1.54, 1.807) is 0 Å². The van der Waals surface area contributed by atoms with Gasteiger partial charge in [-0.2, -0.15) is 0 Å². The fraction of sp³-hybridized carbons (Fsp3) is 0.933. The van der Waals surface area contributed by atoms with Crippen LogP contribution in [0.4, 0.5) is 0 Å². The highest BCUT2D eigenvalue weighted by atomic mass is 16.2. The highest BCUT2D eigenvalue weighted by Gasteiger charge is 2.28. The Balaban J connectivity index is 2.43. The Kier molecular flexibility index (Phi) is 7.39. The van der Waals surface area contributed by atoms with Crippen molar-refractivity contribution in [2.24, 2.45) is 11.7 Å². The predicted octanol–water partition coefficient (Wildman–Crippen LogP) is 1.74. The van der Waals surface area contributed by atoms with Gasteiger partial charge in [-0.3, -0.25) is 9.69 Å². The Labute approximate surface area is 118 Å². The quantitative estimate of drug-likeness (QED) is 0.740. The Morgan fingerprint density at radius 1 is 1.32 bits per heavy atom. The van der Waals surface area contributed by atoms with E-state index in [0.29, 0.717) is 24.5 Å². The zero-order valence-electron chi connectivity index (χ0n) is 12.8. The van der Waals surface area contributed by atoms with Crippen LogP contribution in [0.5, 0.6) is 0 Å². The second kappa shape index (κ2) is 8.54. The lowest BCUT2D eigenvalue weighted by Crippen LogP contribution is -2.48. The second-order valence-corrected chi connectivity index (χ2v) is 5.84. The van der Waals surface area contributed by atoms with Crippen molar-refractivity contribution in [3.63, 3.8) is 0 Å². The van der Waals surface area contributed by atoms with Crippen molar-refractivity contribution in [1.82, 2.24) is 10.2 Å². The van der Waals surface area contributed by atoms with E-state index in [2.05, 4.69) is 31.1 Å². The summed E-state index contributed by atoms with van der Waals surface area (Å²) in [6.45, 7) is 5.47. The molecule has 2 unspecified atom stereocenters. The van der Waals surface area contributed by atoms with E-state index in [1.807, 2.05) is 0 Å². The Bertz CT molecular complexity index is 266. The first-order chi connectivity index (χ1) is 9.12. The highest BCUT2D eigenvalue weighted by molar-refractivity contribution is 5.78. The molecule has 3 N–H and O–H groups in total. The van der Waals surface area contributed by atoms with Crippen molar-refractivity contribution in [3.8, 4) is 0 Å². The van der Waals surface area contributed by atoms with Crippen LogP contribution in [0.15, 0.2) is 0 Å². The van der Waals surface area contributed by atoms with Gasteiger partial charge in [-0.15, -0.1) is 0 Å². The molecule has 4 nitrogen and oxygen atoms in total. The minimum atomic E-state index is 0.151. The zero-order valence-corrected chi connectivity index (χ0v) is 12.8. The van der Waals surface area contributed by atoms with Crippen LogP contribution in [0.2, 0.25) is 0 Å². The van der Waals surface area contributed by atoms with Crippen molar-refractivity contribution in [3.05, 3.63) is 0 Å². The minimum absolute atomic E-state index is 0.151. The van der Waals surface area contributed by atoms with Gasteiger partial charge < -0.3 is 11.1 Å². The van der Waals surface area contributed by atoms with Crippen molar-refractivity contribution in [2.75, 3.05) is 20.1 Å². The van der Waals surface area contributed by atoms with E-state index in [4.69, 9.17) is 5.73 Å². The molecule has 4 heteroatoms. The number of hydrogen-bond donors (Lipinski definition) is 2. The summed E-state index contributed by atoms with van der Waals surface area (Å²) in [5, 5.41) is 3.11. The van der Waals surface area contributed by atoms with E-state index < -0.39 is 0 Å². The van der Waals surface area contributed by atoms with E-state index in [-0.39, 0.29) is 5.91 Å². The minimum Gasteiger partial charge on any atom is -0.352 e. The van der Waals surface area contributed by atoms with E-state index >= 15 is 0 Å². The molecule has 19 heavy (non-hydrogen) atoms. The van der Waals surface area contributed by atoms with Crippen molar-refractivity contribution >= 4 is 5.91 Å². The van der Waals surface area contributed by atoms with Crippen LogP contribution in [-0.2, 0) is 4.79 Å². The maximum absolute atomic E-state index is 12.0. The van der Waals surface area contributed by atoms with Gasteiger partial charge in [-0.05, 0) is 45.2 Å².